The van der Waals surface area contributed by atoms with Gasteiger partial charge in [0.2, 0.25) is 0 Å². The Morgan fingerprint density at radius 2 is 1.88 bits per heavy atom. The van der Waals surface area contributed by atoms with Gasteiger partial charge in [0, 0.05) is 26.2 Å². The van der Waals surface area contributed by atoms with Gasteiger partial charge in [-0.25, -0.2) is 0 Å². The predicted molar refractivity (Wildman–Crippen MR) is 69.9 cm³/mol. The van der Waals surface area contributed by atoms with E-state index in [0.29, 0.717) is 13.2 Å². The Labute approximate surface area is 106 Å². The van der Waals surface area contributed by atoms with Crippen molar-refractivity contribution in [2.75, 3.05) is 13.2 Å². The number of carbonyl (C=O) groups excluding carboxylic acids is 1. The van der Waals surface area contributed by atoms with E-state index in [-0.39, 0.29) is 11.7 Å². The first kappa shape index (κ1) is 16.6. The molecule has 0 bridgehead atoms. The van der Waals surface area contributed by atoms with Gasteiger partial charge in [0.1, 0.15) is 5.73 Å². The molecule has 0 aliphatic carbocycles. The van der Waals surface area contributed by atoms with Gasteiger partial charge in [0.25, 0.3) is 5.97 Å². The second-order valence-electron chi connectivity index (χ2n) is 3.96. The highest BCUT2D eigenvalue weighted by Crippen LogP contribution is 2.23. The summed E-state index contributed by atoms with van der Waals surface area (Å²) < 4.78 is 17.2. The minimum absolute atomic E-state index is 0.0729. The molecule has 0 aliphatic rings. The molecule has 0 amide bonds. The van der Waals surface area contributed by atoms with E-state index in [1.54, 1.807) is 0 Å². The first-order chi connectivity index (χ1) is 8.06. The van der Waals surface area contributed by atoms with Gasteiger partial charge in [-0.3, -0.25) is 4.79 Å². The van der Waals surface area contributed by atoms with Crippen molar-refractivity contribution in [2.45, 2.75) is 59.2 Å². The van der Waals surface area contributed by atoms with Gasteiger partial charge in [-0.15, -0.1) is 0 Å². The summed E-state index contributed by atoms with van der Waals surface area (Å²) in [6, 6.07) is 0.725. The molecule has 5 heteroatoms. The summed E-state index contributed by atoms with van der Waals surface area (Å²) in [7, 11) is -2.57. The van der Waals surface area contributed by atoms with Crippen LogP contribution in [0.25, 0.3) is 0 Å². The average Bonchev–Trinajstić information content (AvgIpc) is 2.29. The van der Waals surface area contributed by atoms with Crippen LogP contribution in [0.1, 0.15) is 47.5 Å². The van der Waals surface area contributed by atoms with Crippen LogP contribution in [0.2, 0.25) is 6.04 Å². The van der Waals surface area contributed by atoms with E-state index >= 15 is 0 Å². The first-order valence-corrected chi connectivity index (χ1v) is 8.61. The van der Waals surface area contributed by atoms with Gasteiger partial charge < -0.3 is 13.6 Å². The number of hydrogen-bond acceptors (Lipinski definition) is 4. The summed E-state index contributed by atoms with van der Waals surface area (Å²) in [5.74, 6) is -0.273. The molecule has 0 aromatic heterocycles. The standard InChI is InChI=1S/C12H26O4Si/c1-6-10-14-12(7-2)17(9-4,15-8-3)16-11(5)13/h12H,6-10H2,1-5H3. The number of rotatable bonds is 9. The third-order valence-electron chi connectivity index (χ3n) is 2.58. The average molecular weight is 262 g/mol. The summed E-state index contributed by atoms with van der Waals surface area (Å²) in [6.45, 7) is 10.7. The zero-order chi connectivity index (χ0) is 13.3. The Balaban J connectivity index is 4.86. The molecule has 0 N–H and O–H groups in total. The molecule has 0 radical (unpaired) electrons. The molecule has 17 heavy (non-hydrogen) atoms. The largest absolute Gasteiger partial charge is 0.492 e. The fourth-order valence-corrected chi connectivity index (χ4v) is 5.04. The summed E-state index contributed by atoms with van der Waals surface area (Å²) >= 11 is 0. The monoisotopic (exact) mass is 262 g/mol. The molecule has 2 unspecified atom stereocenters. The topological polar surface area (TPSA) is 44.8 Å². The van der Waals surface area contributed by atoms with E-state index in [0.717, 1.165) is 18.9 Å². The minimum Gasteiger partial charge on any atom is -0.492 e. The molecule has 0 aromatic carbocycles. The zero-order valence-electron chi connectivity index (χ0n) is 11.7. The molecule has 0 saturated heterocycles. The maximum atomic E-state index is 11.3. The first-order valence-electron chi connectivity index (χ1n) is 6.51. The van der Waals surface area contributed by atoms with Crippen molar-refractivity contribution < 1.29 is 18.4 Å². The molecule has 0 aliphatic heterocycles. The van der Waals surface area contributed by atoms with Crippen LogP contribution in [0.15, 0.2) is 0 Å². The van der Waals surface area contributed by atoms with Crippen molar-refractivity contribution in [2.24, 2.45) is 0 Å². The van der Waals surface area contributed by atoms with Crippen LogP contribution < -0.4 is 0 Å². The van der Waals surface area contributed by atoms with Crippen LogP contribution in [0.5, 0.6) is 0 Å². The molecule has 102 valence electrons. The van der Waals surface area contributed by atoms with Crippen LogP contribution in [0.4, 0.5) is 0 Å². The smallest absolute Gasteiger partial charge is 0.430 e. The van der Waals surface area contributed by atoms with Crippen molar-refractivity contribution in [3.05, 3.63) is 0 Å². The fraction of sp³-hybridized carbons (Fsp3) is 0.917. The lowest BCUT2D eigenvalue weighted by Gasteiger charge is -2.34. The van der Waals surface area contributed by atoms with Crippen molar-refractivity contribution in [1.29, 1.82) is 0 Å². The molecule has 0 aromatic rings. The summed E-state index contributed by atoms with van der Waals surface area (Å²) in [5, 5.41) is 0. The van der Waals surface area contributed by atoms with Gasteiger partial charge in [0.05, 0.1) is 0 Å². The highest BCUT2D eigenvalue weighted by atomic mass is 28.4. The number of carbonyl (C=O) groups is 1. The van der Waals surface area contributed by atoms with Crippen LogP contribution in [-0.2, 0) is 18.4 Å². The predicted octanol–water partition coefficient (Wildman–Crippen LogP) is 2.79. The van der Waals surface area contributed by atoms with Crippen molar-refractivity contribution >= 4 is 14.5 Å². The minimum atomic E-state index is -2.57. The third kappa shape index (κ3) is 5.19. The summed E-state index contributed by atoms with van der Waals surface area (Å²) in [4.78, 5) is 11.3. The van der Waals surface area contributed by atoms with Crippen molar-refractivity contribution in [3.63, 3.8) is 0 Å². The Morgan fingerprint density at radius 3 is 2.24 bits per heavy atom. The van der Waals surface area contributed by atoms with Gasteiger partial charge in [0.15, 0.2) is 0 Å². The number of ether oxygens (including phenoxy) is 1. The van der Waals surface area contributed by atoms with Crippen molar-refractivity contribution in [3.8, 4) is 0 Å². The molecule has 2 atom stereocenters. The van der Waals surface area contributed by atoms with Gasteiger partial charge in [-0.05, 0) is 19.8 Å². The Bertz CT molecular complexity index is 223. The van der Waals surface area contributed by atoms with Crippen LogP contribution in [0.3, 0.4) is 0 Å². The highest BCUT2D eigenvalue weighted by molar-refractivity contribution is 6.70. The normalized spacial score (nSPS) is 16.3. The summed E-state index contributed by atoms with van der Waals surface area (Å²) in [5.41, 5.74) is -0.0729. The zero-order valence-corrected chi connectivity index (χ0v) is 12.7. The maximum absolute atomic E-state index is 11.3. The van der Waals surface area contributed by atoms with Gasteiger partial charge in [-0.2, -0.15) is 0 Å². The SMILES string of the molecule is CCCOC(CC)[Si](CC)(OCC)OC(C)=O. The molecular weight excluding hydrogens is 236 g/mol. The lowest BCUT2D eigenvalue weighted by atomic mass is 10.5. The fourth-order valence-electron chi connectivity index (χ4n) is 1.89. The molecule has 0 fully saturated rings. The molecule has 0 heterocycles. The number of hydrogen-bond donors (Lipinski definition) is 0. The third-order valence-corrected chi connectivity index (χ3v) is 6.53. The quantitative estimate of drug-likeness (QED) is 0.599. The lowest BCUT2D eigenvalue weighted by molar-refractivity contribution is -0.135. The Kier molecular flexibility index (Phi) is 8.46. The maximum Gasteiger partial charge on any atom is 0.430 e. The second-order valence-corrected chi connectivity index (χ2v) is 7.43. The summed E-state index contributed by atoms with van der Waals surface area (Å²) in [6.07, 6.45) is 1.77. The van der Waals surface area contributed by atoms with E-state index in [4.69, 9.17) is 13.6 Å². The van der Waals surface area contributed by atoms with Crippen molar-refractivity contribution in [1.82, 2.24) is 0 Å². The Hall–Kier alpha value is -0.393. The molecule has 0 spiro atoms. The van der Waals surface area contributed by atoms with Gasteiger partial charge in [-0.1, -0.05) is 20.8 Å². The van der Waals surface area contributed by atoms with Crippen LogP contribution in [0, 0.1) is 0 Å². The van der Waals surface area contributed by atoms with E-state index in [2.05, 4.69) is 6.92 Å². The molecule has 0 saturated carbocycles. The van der Waals surface area contributed by atoms with E-state index < -0.39 is 8.56 Å². The molecule has 4 nitrogen and oxygen atoms in total. The van der Waals surface area contributed by atoms with E-state index in [9.17, 15) is 4.79 Å². The van der Waals surface area contributed by atoms with Crippen LogP contribution in [-0.4, -0.2) is 33.5 Å². The Morgan fingerprint density at radius 1 is 1.24 bits per heavy atom. The van der Waals surface area contributed by atoms with E-state index in [1.165, 1.54) is 6.92 Å². The molecule has 0 rings (SSSR count). The van der Waals surface area contributed by atoms with Gasteiger partial charge >= 0.3 is 8.56 Å². The lowest BCUT2D eigenvalue weighted by Crippen LogP contribution is -2.55. The highest BCUT2D eigenvalue weighted by Gasteiger charge is 2.47. The molecular formula is C12H26O4Si. The van der Waals surface area contributed by atoms with E-state index in [1.807, 2.05) is 20.8 Å². The van der Waals surface area contributed by atoms with Crippen LogP contribution >= 0.6 is 0 Å². The second kappa shape index (κ2) is 8.66.